The fourth-order valence-corrected chi connectivity index (χ4v) is 5.44. The summed E-state index contributed by atoms with van der Waals surface area (Å²) < 4.78 is 34.3. The standard InChI is InChI=1S/C31H28N2O7/c1-17-25(27(34)26-28(37-4)20-13-14-39-29(20)31(38-5)30(26)40-17)21-16-22(33(32-21)19-9-7-6-8-10-19)18-11-12-23(35-2)24(15-18)36-3/h6-15,22H,16H2,1-5H3. The minimum atomic E-state index is -0.253. The van der Waals surface area contributed by atoms with Crippen molar-refractivity contribution in [3.63, 3.8) is 0 Å². The topological polar surface area (TPSA) is 95.9 Å². The lowest BCUT2D eigenvalue weighted by molar-refractivity contribution is 0.354. The Morgan fingerprint density at radius 1 is 0.875 bits per heavy atom. The Morgan fingerprint density at radius 2 is 1.62 bits per heavy atom. The van der Waals surface area contributed by atoms with E-state index in [0.29, 0.717) is 57.4 Å². The van der Waals surface area contributed by atoms with Crippen LogP contribution in [-0.4, -0.2) is 34.2 Å². The predicted molar refractivity (Wildman–Crippen MR) is 152 cm³/mol. The Balaban J connectivity index is 1.56. The van der Waals surface area contributed by atoms with Gasteiger partial charge in [-0.05, 0) is 42.8 Å². The third-order valence-corrected chi connectivity index (χ3v) is 7.26. The van der Waals surface area contributed by atoms with Crippen molar-refractivity contribution in [1.82, 2.24) is 0 Å². The summed E-state index contributed by atoms with van der Waals surface area (Å²) in [6.07, 6.45) is 1.98. The molecule has 0 bridgehead atoms. The molecule has 0 spiro atoms. The summed E-state index contributed by atoms with van der Waals surface area (Å²) in [4.78, 5) is 14.3. The van der Waals surface area contributed by atoms with Crippen LogP contribution < -0.4 is 29.4 Å². The molecule has 0 aliphatic carbocycles. The van der Waals surface area contributed by atoms with E-state index in [0.717, 1.165) is 11.3 Å². The van der Waals surface area contributed by atoms with Crippen LogP contribution in [0.1, 0.15) is 29.3 Å². The predicted octanol–water partition coefficient (Wildman–Crippen LogP) is 6.24. The monoisotopic (exact) mass is 540 g/mol. The highest BCUT2D eigenvalue weighted by Crippen LogP contribution is 2.44. The van der Waals surface area contributed by atoms with Gasteiger partial charge in [0.25, 0.3) is 0 Å². The molecule has 204 valence electrons. The van der Waals surface area contributed by atoms with E-state index in [1.807, 2.05) is 53.5 Å². The number of methoxy groups -OCH3 is 4. The summed E-state index contributed by atoms with van der Waals surface area (Å²) in [6, 6.07) is 17.2. The highest BCUT2D eigenvalue weighted by Gasteiger charge is 2.34. The number of para-hydroxylation sites is 1. The fourth-order valence-electron chi connectivity index (χ4n) is 5.44. The third-order valence-electron chi connectivity index (χ3n) is 7.26. The molecule has 0 saturated carbocycles. The lowest BCUT2D eigenvalue weighted by atomic mass is 9.96. The van der Waals surface area contributed by atoms with Crippen molar-refractivity contribution in [2.75, 3.05) is 33.4 Å². The number of fused-ring (bicyclic) bond motifs is 2. The average molecular weight is 541 g/mol. The number of rotatable bonds is 7. The number of nitrogens with zero attached hydrogens (tertiary/aromatic N) is 2. The first-order valence-corrected chi connectivity index (χ1v) is 12.7. The molecular formula is C31H28N2O7. The second kappa shape index (κ2) is 10.00. The first-order valence-electron chi connectivity index (χ1n) is 12.7. The molecule has 0 fully saturated rings. The third kappa shape index (κ3) is 3.85. The van der Waals surface area contributed by atoms with Crippen molar-refractivity contribution in [3.8, 4) is 23.0 Å². The quantitative estimate of drug-likeness (QED) is 0.239. The number of furan rings is 1. The zero-order valence-corrected chi connectivity index (χ0v) is 22.8. The highest BCUT2D eigenvalue weighted by atomic mass is 16.5. The smallest absolute Gasteiger partial charge is 0.206 e. The molecule has 1 aliphatic rings. The van der Waals surface area contributed by atoms with E-state index in [1.165, 1.54) is 20.5 Å². The Kier molecular flexibility index (Phi) is 6.34. The Labute approximate surface area is 230 Å². The normalized spacial score (nSPS) is 15.0. The van der Waals surface area contributed by atoms with Gasteiger partial charge in [0, 0.05) is 6.42 Å². The van der Waals surface area contributed by atoms with Gasteiger partial charge in [-0.1, -0.05) is 24.3 Å². The number of hydrogen-bond acceptors (Lipinski definition) is 9. The van der Waals surface area contributed by atoms with Crippen molar-refractivity contribution in [2.45, 2.75) is 19.4 Å². The molecule has 0 saturated heterocycles. The van der Waals surface area contributed by atoms with Crippen molar-refractivity contribution in [3.05, 3.63) is 88.0 Å². The molecular weight excluding hydrogens is 512 g/mol. The summed E-state index contributed by atoms with van der Waals surface area (Å²) in [5.74, 6) is 2.37. The molecule has 1 aliphatic heterocycles. The van der Waals surface area contributed by atoms with Crippen molar-refractivity contribution >= 4 is 33.3 Å². The van der Waals surface area contributed by atoms with Crippen LogP contribution in [0.5, 0.6) is 23.0 Å². The average Bonchev–Trinajstić information content (AvgIpc) is 3.64. The van der Waals surface area contributed by atoms with Gasteiger partial charge in [0.1, 0.15) is 16.9 Å². The number of anilines is 1. The Morgan fingerprint density at radius 3 is 2.33 bits per heavy atom. The maximum absolute atomic E-state index is 14.3. The molecule has 3 aromatic carbocycles. The summed E-state index contributed by atoms with van der Waals surface area (Å²) >= 11 is 0. The molecule has 3 heterocycles. The van der Waals surface area contributed by atoms with E-state index in [2.05, 4.69) is 0 Å². The van der Waals surface area contributed by atoms with Crippen LogP contribution in [0.15, 0.2) is 79.6 Å². The van der Waals surface area contributed by atoms with Crippen molar-refractivity contribution in [1.29, 1.82) is 0 Å². The van der Waals surface area contributed by atoms with Gasteiger partial charge in [0.05, 0.1) is 63.1 Å². The molecule has 5 aromatic rings. The van der Waals surface area contributed by atoms with Crippen LogP contribution >= 0.6 is 0 Å². The SMILES string of the molecule is COc1ccc(C2CC(c3c(C)oc4c(OC)c5occc5c(OC)c4c3=O)=NN2c2ccccc2)cc1OC. The molecule has 0 N–H and O–H groups in total. The highest BCUT2D eigenvalue weighted by molar-refractivity contribution is 6.11. The van der Waals surface area contributed by atoms with Gasteiger partial charge in [-0.25, -0.2) is 0 Å². The molecule has 0 amide bonds. The lowest BCUT2D eigenvalue weighted by Crippen LogP contribution is -2.19. The molecule has 1 unspecified atom stereocenters. The fraction of sp³-hybridized carbons (Fsp3) is 0.226. The minimum Gasteiger partial charge on any atom is -0.495 e. The van der Waals surface area contributed by atoms with E-state index < -0.39 is 0 Å². The van der Waals surface area contributed by atoms with Crippen LogP contribution in [-0.2, 0) is 0 Å². The zero-order valence-electron chi connectivity index (χ0n) is 22.8. The van der Waals surface area contributed by atoms with Gasteiger partial charge < -0.3 is 27.8 Å². The Hall–Kier alpha value is -4.92. The molecule has 1 atom stereocenters. The first kappa shape index (κ1) is 25.4. The van der Waals surface area contributed by atoms with E-state index in [-0.39, 0.29) is 22.4 Å². The maximum atomic E-state index is 14.3. The second-order valence-corrected chi connectivity index (χ2v) is 9.36. The van der Waals surface area contributed by atoms with E-state index in [4.69, 9.17) is 32.9 Å². The van der Waals surface area contributed by atoms with Gasteiger partial charge in [-0.15, -0.1) is 0 Å². The van der Waals surface area contributed by atoms with Crippen LogP contribution in [0.2, 0.25) is 0 Å². The minimum absolute atomic E-state index is 0.209. The van der Waals surface area contributed by atoms with Gasteiger partial charge in [-0.3, -0.25) is 9.80 Å². The Bertz CT molecular complexity index is 1820. The second-order valence-electron chi connectivity index (χ2n) is 9.36. The van der Waals surface area contributed by atoms with E-state index >= 15 is 0 Å². The number of hydrogen-bond donors (Lipinski definition) is 0. The lowest BCUT2D eigenvalue weighted by Gasteiger charge is -2.24. The van der Waals surface area contributed by atoms with Gasteiger partial charge in [0.2, 0.25) is 11.2 Å². The van der Waals surface area contributed by atoms with Crippen LogP contribution in [0.4, 0.5) is 5.69 Å². The zero-order chi connectivity index (χ0) is 28.0. The molecule has 6 rings (SSSR count). The number of ether oxygens (including phenoxy) is 4. The summed E-state index contributed by atoms with van der Waals surface area (Å²) in [7, 11) is 6.24. The van der Waals surface area contributed by atoms with Gasteiger partial charge in [0.15, 0.2) is 22.7 Å². The van der Waals surface area contributed by atoms with Gasteiger partial charge in [-0.2, -0.15) is 5.10 Å². The van der Waals surface area contributed by atoms with Crippen LogP contribution in [0, 0.1) is 6.92 Å². The molecule has 9 heteroatoms. The van der Waals surface area contributed by atoms with Crippen LogP contribution in [0.25, 0.3) is 21.9 Å². The van der Waals surface area contributed by atoms with Crippen molar-refractivity contribution in [2.24, 2.45) is 5.10 Å². The van der Waals surface area contributed by atoms with E-state index in [1.54, 1.807) is 27.2 Å². The molecule has 9 nitrogen and oxygen atoms in total. The molecule has 0 radical (unpaired) electrons. The number of benzene rings is 3. The van der Waals surface area contributed by atoms with Crippen molar-refractivity contribution < 1.29 is 27.8 Å². The van der Waals surface area contributed by atoms with Crippen LogP contribution in [0.3, 0.4) is 0 Å². The summed E-state index contributed by atoms with van der Waals surface area (Å²) in [5, 5.41) is 7.82. The number of hydrazone groups is 1. The van der Waals surface area contributed by atoms with E-state index in [9.17, 15) is 4.79 Å². The largest absolute Gasteiger partial charge is 0.495 e. The molecule has 2 aromatic heterocycles. The first-order chi connectivity index (χ1) is 19.5. The van der Waals surface area contributed by atoms with Gasteiger partial charge >= 0.3 is 0 Å². The molecule has 40 heavy (non-hydrogen) atoms. The summed E-state index contributed by atoms with van der Waals surface area (Å²) in [6.45, 7) is 1.76. The maximum Gasteiger partial charge on any atom is 0.206 e. The summed E-state index contributed by atoms with van der Waals surface area (Å²) in [5.41, 5.74) is 3.30. The number of aryl methyl sites for hydroxylation is 1.